The minimum Gasteiger partial charge on any atom is -0.496 e. The molecule has 4 N–H and O–H groups in total. The molecule has 1 aromatic carbocycles. The van der Waals surface area contributed by atoms with E-state index in [0.29, 0.717) is 19.1 Å². The Morgan fingerprint density at radius 2 is 2.13 bits per heavy atom. The number of ether oxygens (including phenoxy) is 1. The number of fused-ring (bicyclic) bond motifs is 1. The Kier molecular flexibility index (Phi) is 5.78. The van der Waals surface area contributed by atoms with Gasteiger partial charge in [0, 0.05) is 23.4 Å². The van der Waals surface area contributed by atoms with Gasteiger partial charge in [0.1, 0.15) is 6.61 Å². The highest BCUT2D eigenvalue weighted by Crippen LogP contribution is 2.26. The van der Waals surface area contributed by atoms with Crippen molar-refractivity contribution in [1.29, 1.82) is 0 Å². The van der Waals surface area contributed by atoms with Gasteiger partial charge in [-0.1, -0.05) is 19.9 Å². The lowest BCUT2D eigenvalue weighted by molar-refractivity contribution is -0.124. The van der Waals surface area contributed by atoms with Gasteiger partial charge < -0.3 is 15.4 Å². The molecule has 0 saturated heterocycles. The van der Waals surface area contributed by atoms with E-state index in [1.807, 2.05) is 44.2 Å². The van der Waals surface area contributed by atoms with Gasteiger partial charge in [0.05, 0.1) is 24.0 Å². The number of amides is 1. The molecule has 1 aliphatic rings. The summed E-state index contributed by atoms with van der Waals surface area (Å²) in [5, 5.41) is 21.3. The van der Waals surface area contributed by atoms with Gasteiger partial charge in [-0.25, -0.2) is 0 Å². The lowest BCUT2D eigenvalue weighted by Crippen LogP contribution is -2.30. The van der Waals surface area contributed by atoms with E-state index >= 15 is 0 Å². The third-order valence-corrected chi connectivity index (χ3v) is 4.81. The SMILES string of the molecule is CC(C)C(=O)NCCOC1=CC=C(c2nc(Nc3ccc4[nH]ncc4c3)n[nH]2)CC1. The molecule has 1 aliphatic carbocycles. The van der Waals surface area contributed by atoms with Crippen molar-refractivity contribution in [3.63, 3.8) is 0 Å². The van der Waals surface area contributed by atoms with Crippen molar-refractivity contribution in [2.75, 3.05) is 18.5 Å². The third-order valence-electron chi connectivity index (χ3n) is 4.81. The average molecular weight is 407 g/mol. The predicted octanol–water partition coefficient (Wildman–Crippen LogP) is 3.27. The van der Waals surface area contributed by atoms with E-state index < -0.39 is 0 Å². The van der Waals surface area contributed by atoms with Crippen LogP contribution in [-0.2, 0) is 9.53 Å². The number of aromatic nitrogens is 5. The lowest BCUT2D eigenvalue weighted by atomic mass is 10.0. The van der Waals surface area contributed by atoms with Gasteiger partial charge in [0.25, 0.3) is 0 Å². The summed E-state index contributed by atoms with van der Waals surface area (Å²) in [6.45, 7) is 4.71. The van der Waals surface area contributed by atoms with Crippen LogP contribution in [0.25, 0.3) is 16.5 Å². The maximum Gasteiger partial charge on any atom is 0.246 e. The van der Waals surface area contributed by atoms with Crippen molar-refractivity contribution in [3.05, 3.63) is 48.1 Å². The molecule has 156 valence electrons. The number of carbonyl (C=O) groups excluding carboxylic acids is 1. The smallest absolute Gasteiger partial charge is 0.246 e. The quantitative estimate of drug-likeness (QED) is 0.425. The Morgan fingerprint density at radius 1 is 1.23 bits per heavy atom. The number of allylic oxidation sites excluding steroid dienone is 4. The first-order chi connectivity index (χ1) is 14.6. The maximum atomic E-state index is 11.5. The van der Waals surface area contributed by atoms with Crippen LogP contribution in [0.5, 0.6) is 0 Å². The Hall–Kier alpha value is -3.62. The molecule has 0 spiro atoms. The normalized spacial score (nSPS) is 13.8. The molecule has 1 amide bonds. The number of aromatic amines is 2. The minimum atomic E-state index is -0.0146. The Morgan fingerprint density at radius 3 is 2.93 bits per heavy atom. The molecule has 0 atom stereocenters. The first-order valence-electron chi connectivity index (χ1n) is 10.0. The number of carbonyl (C=O) groups is 1. The molecule has 9 heteroatoms. The standard InChI is InChI=1S/C21H25N7O2/c1-13(2)20(29)22-9-10-30-17-6-3-14(4-7-17)19-25-21(28-27-19)24-16-5-8-18-15(11-16)12-23-26-18/h3,5-6,8,11-13H,4,7,9-10H2,1-2H3,(H,22,29)(H,23,26)(H2,24,25,27,28). The molecule has 2 heterocycles. The fourth-order valence-corrected chi connectivity index (χ4v) is 3.11. The zero-order valence-corrected chi connectivity index (χ0v) is 17.0. The van der Waals surface area contributed by atoms with Gasteiger partial charge in [-0.3, -0.25) is 15.0 Å². The first kappa shape index (κ1) is 19.7. The Labute approximate surface area is 174 Å². The van der Waals surface area contributed by atoms with E-state index in [1.54, 1.807) is 6.20 Å². The second-order valence-corrected chi connectivity index (χ2v) is 7.42. The van der Waals surface area contributed by atoms with Crippen LogP contribution in [-0.4, -0.2) is 44.4 Å². The molecular weight excluding hydrogens is 382 g/mol. The summed E-state index contributed by atoms with van der Waals surface area (Å²) in [6.07, 6.45) is 7.31. The summed E-state index contributed by atoms with van der Waals surface area (Å²) >= 11 is 0. The number of hydrogen-bond acceptors (Lipinski definition) is 6. The van der Waals surface area contributed by atoms with Crippen molar-refractivity contribution in [3.8, 4) is 0 Å². The summed E-state index contributed by atoms with van der Waals surface area (Å²) in [5.41, 5.74) is 2.95. The van der Waals surface area contributed by atoms with Crippen LogP contribution in [0.15, 0.2) is 42.3 Å². The van der Waals surface area contributed by atoms with E-state index in [-0.39, 0.29) is 11.8 Å². The highest BCUT2D eigenvalue weighted by molar-refractivity contribution is 5.82. The Balaban J connectivity index is 1.31. The van der Waals surface area contributed by atoms with Crippen molar-refractivity contribution < 1.29 is 9.53 Å². The van der Waals surface area contributed by atoms with Crippen LogP contribution in [0.4, 0.5) is 11.6 Å². The van der Waals surface area contributed by atoms with Gasteiger partial charge in [-0.2, -0.15) is 10.1 Å². The monoisotopic (exact) mass is 407 g/mol. The highest BCUT2D eigenvalue weighted by atomic mass is 16.5. The van der Waals surface area contributed by atoms with Gasteiger partial charge in [-0.05, 0) is 36.3 Å². The predicted molar refractivity (Wildman–Crippen MR) is 115 cm³/mol. The van der Waals surface area contributed by atoms with Gasteiger partial charge in [0.15, 0.2) is 5.82 Å². The molecule has 30 heavy (non-hydrogen) atoms. The van der Waals surface area contributed by atoms with Gasteiger partial charge in [-0.15, -0.1) is 5.10 Å². The van der Waals surface area contributed by atoms with Crippen molar-refractivity contribution in [1.82, 2.24) is 30.7 Å². The average Bonchev–Trinajstić information content (AvgIpc) is 3.40. The van der Waals surface area contributed by atoms with Crippen molar-refractivity contribution in [2.24, 2.45) is 5.92 Å². The second-order valence-electron chi connectivity index (χ2n) is 7.42. The van der Waals surface area contributed by atoms with Crippen LogP contribution in [0.2, 0.25) is 0 Å². The van der Waals surface area contributed by atoms with Crippen molar-refractivity contribution >= 4 is 34.0 Å². The second kappa shape index (κ2) is 8.81. The highest BCUT2D eigenvalue weighted by Gasteiger charge is 2.14. The van der Waals surface area contributed by atoms with E-state index in [9.17, 15) is 4.79 Å². The van der Waals surface area contributed by atoms with E-state index in [2.05, 4.69) is 36.0 Å². The number of nitrogens with zero attached hydrogens (tertiary/aromatic N) is 3. The zero-order valence-electron chi connectivity index (χ0n) is 17.0. The van der Waals surface area contributed by atoms with Gasteiger partial charge in [0.2, 0.25) is 11.9 Å². The fourth-order valence-electron chi connectivity index (χ4n) is 3.11. The van der Waals surface area contributed by atoms with Crippen LogP contribution in [0.1, 0.15) is 32.5 Å². The van der Waals surface area contributed by atoms with Crippen molar-refractivity contribution in [2.45, 2.75) is 26.7 Å². The maximum absolute atomic E-state index is 11.5. The number of hydrogen-bond donors (Lipinski definition) is 4. The molecule has 4 rings (SSSR count). The van der Waals surface area contributed by atoms with E-state index in [0.717, 1.165) is 46.6 Å². The molecule has 0 fully saturated rings. The van der Waals surface area contributed by atoms with Gasteiger partial charge >= 0.3 is 0 Å². The van der Waals surface area contributed by atoms with Crippen LogP contribution >= 0.6 is 0 Å². The number of benzene rings is 1. The molecule has 0 bridgehead atoms. The Bertz CT molecular complexity index is 1090. The molecule has 2 aromatic heterocycles. The molecule has 0 unspecified atom stereocenters. The molecule has 0 aliphatic heterocycles. The minimum absolute atomic E-state index is 0.0146. The summed E-state index contributed by atoms with van der Waals surface area (Å²) in [7, 11) is 0. The zero-order chi connectivity index (χ0) is 20.9. The largest absolute Gasteiger partial charge is 0.496 e. The van der Waals surface area contributed by atoms with E-state index in [4.69, 9.17) is 4.74 Å². The number of anilines is 2. The molecule has 0 radical (unpaired) electrons. The topological polar surface area (TPSA) is 121 Å². The fraction of sp³-hybridized carbons (Fsp3) is 0.333. The molecule has 0 saturated carbocycles. The molecule has 9 nitrogen and oxygen atoms in total. The van der Waals surface area contributed by atoms with Crippen LogP contribution < -0.4 is 10.6 Å². The summed E-state index contributed by atoms with van der Waals surface area (Å²) in [6, 6.07) is 5.90. The summed E-state index contributed by atoms with van der Waals surface area (Å²) in [4.78, 5) is 16.1. The molecular formula is C21H25N7O2. The number of rotatable bonds is 8. The third kappa shape index (κ3) is 4.68. The molecule has 3 aromatic rings. The number of H-pyrrole nitrogens is 2. The van der Waals surface area contributed by atoms with E-state index in [1.165, 1.54) is 0 Å². The number of nitrogens with one attached hydrogen (secondary N) is 4. The van der Waals surface area contributed by atoms with Crippen LogP contribution in [0.3, 0.4) is 0 Å². The van der Waals surface area contributed by atoms with Crippen LogP contribution in [0, 0.1) is 5.92 Å². The summed E-state index contributed by atoms with van der Waals surface area (Å²) in [5.74, 6) is 2.18. The summed E-state index contributed by atoms with van der Waals surface area (Å²) < 4.78 is 5.75. The lowest BCUT2D eigenvalue weighted by Gasteiger charge is -2.15. The first-order valence-corrected chi connectivity index (χ1v) is 10.0.